The van der Waals surface area contributed by atoms with Gasteiger partial charge in [-0.2, -0.15) is 0 Å². The van der Waals surface area contributed by atoms with Crippen LogP contribution in [0.25, 0.3) is 0 Å². The summed E-state index contributed by atoms with van der Waals surface area (Å²) in [6, 6.07) is 11.3. The van der Waals surface area contributed by atoms with E-state index in [0.29, 0.717) is 23.2 Å². The van der Waals surface area contributed by atoms with Gasteiger partial charge < -0.3 is 10.0 Å². The molecule has 0 saturated carbocycles. The summed E-state index contributed by atoms with van der Waals surface area (Å²) in [6.45, 7) is 5.23. The molecule has 1 aromatic carbocycles. The third kappa shape index (κ3) is 3.61. The Balaban J connectivity index is 2.38. The number of benzene rings is 1. The molecule has 1 aromatic heterocycles. The van der Waals surface area contributed by atoms with E-state index in [-0.39, 0.29) is 5.56 Å². The molecule has 1 heterocycles. The van der Waals surface area contributed by atoms with Gasteiger partial charge in [0.1, 0.15) is 0 Å². The van der Waals surface area contributed by atoms with Crippen LogP contribution in [0.5, 0.6) is 0 Å². The van der Waals surface area contributed by atoms with Crippen LogP contribution in [0.1, 0.15) is 28.7 Å². The predicted molar refractivity (Wildman–Crippen MR) is 86.8 cm³/mol. The minimum absolute atomic E-state index is 0.284. The lowest BCUT2D eigenvalue weighted by atomic mass is 10.1. The van der Waals surface area contributed by atoms with E-state index in [0.717, 1.165) is 11.4 Å². The number of aryl methyl sites for hydroxylation is 1. The summed E-state index contributed by atoms with van der Waals surface area (Å²) in [4.78, 5) is 18.0. The van der Waals surface area contributed by atoms with Gasteiger partial charge in [0, 0.05) is 16.7 Å². The number of carboxylic acid groups (broad SMARTS) is 1. The van der Waals surface area contributed by atoms with E-state index in [1.54, 1.807) is 6.07 Å². The van der Waals surface area contributed by atoms with Gasteiger partial charge in [-0.3, -0.25) is 4.98 Å². The number of aromatic nitrogens is 1. The first-order chi connectivity index (χ1) is 10.0. The Morgan fingerprint density at radius 2 is 2.00 bits per heavy atom. The Hall–Kier alpha value is -1.88. The van der Waals surface area contributed by atoms with Gasteiger partial charge in [0.25, 0.3) is 0 Å². The fraction of sp³-hybridized carbons (Fsp3) is 0.250. The molecule has 0 bridgehead atoms. The molecule has 0 spiro atoms. The highest BCUT2D eigenvalue weighted by Gasteiger charge is 2.18. The molecule has 0 unspecified atom stereocenters. The van der Waals surface area contributed by atoms with E-state index in [4.69, 9.17) is 0 Å². The van der Waals surface area contributed by atoms with Crippen molar-refractivity contribution in [1.82, 2.24) is 4.98 Å². The maximum Gasteiger partial charge on any atom is 0.338 e. The third-order valence-electron chi connectivity index (χ3n) is 3.23. The minimum atomic E-state index is -0.937. The zero-order chi connectivity index (χ0) is 15.4. The van der Waals surface area contributed by atoms with Crippen LogP contribution in [0.3, 0.4) is 0 Å². The van der Waals surface area contributed by atoms with Crippen molar-refractivity contribution in [2.75, 3.05) is 11.4 Å². The summed E-state index contributed by atoms with van der Waals surface area (Å²) < 4.78 is 0.586. The van der Waals surface area contributed by atoms with Gasteiger partial charge >= 0.3 is 5.97 Å². The SMILES string of the molecule is CCN(Cc1cccc(C)n1)c1cccc(Br)c1C(=O)O. The van der Waals surface area contributed by atoms with E-state index in [2.05, 4.69) is 20.9 Å². The second-order valence-corrected chi connectivity index (χ2v) is 5.58. The topological polar surface area (TPSA) is 53.4 Å². The smallest absolute Gasteiger partial charge is 0.338 e. The molecule has 2 aromatic rings. The Labute approximate surface area is 132 Å². The van der Waals surface area contributed by atoms with Crippen LogP contribution in [0.2, 0.25) is 0 Å². The summed E-state index contributed by atoms with van der Waals surface area (Å²) in [5, 5.41) is 9.43. The van der Waals surface area contributed by atoms with Gasteiger partial charge in [0.15, 0.2) is 0 Å². The normalized spacial score (nSPS) is 10.4. The number of halogens is 1. The number of nitrogens with zero attached hydrogens (tertiary/aromatic N) is 2. The number of carbonyl (C=O) groups is 1. The minimum Gasteiger partial charge on any atom is -0.478 e. The van der Waals surface area contributed by atoms with Crippen molar-refractivity contribution in [3.05, 3.63) is 57.8 Å². The standard InChI is InChI=1S/C16H17BrN2O2/c1-3-19(10-12-7-4-6-11(2)18-12)14-9-5-8-13(17)15(14)16(20)21/h4-9H,3,10H2,1-2H3,(H,20,21). The van der Waals surface area contributed by atoms with Crippen molar-refractivity contribution in [3.63, 3.8) is 0 Å². The molecule has 4 nitrogen and oxygen atoms in total. The van der Waals surface area contributed by atoms with E-state index < -0.39 is 5.97 Å². The zero-order valence-electron chi connectivity index (χ0n) is 12.0. The van der Waals surface area contributed by atoms with Crippen molar-refractivity contribution < 1.29 is 9.90 Å². The predicted octanol–water partition coefficient (Wildman–Crippen LogP) is 3.88. The fourth-order valence-electron chi connectivity index (χ4n) is 2.24. The molecule has 2 rings (SSSR count). The van der Waals surface area contributed by atoms with E-state index in [1.165, 1.54) is 0 Å². The number of hydrogen-bond acceptors (Lipinski definition) is 3. The quantitative estimate of drug-likeness (QED) is 0.890. The average molecular weight is 349 g/mol. The molecule has 0 aliphatic rings. The Morgan fingerprint density at radius 3 is 2.62 bits per heavy atom. The maximum absolute atomic E-state index is 11.5. The van der Waals surface area contributed by atoms with E-state index in [9.17, 15) is 9.90 Å². The van der Waals surface area contributed by atoms with Crippen LogP contribution in [0, 0.1) is 6.92 Å². The fourth-order valence-corrected chi connectivity index (χ4v) is 2.76. The molecule has 0 aliphatic heterocycles. The molecule has 21 heavy (non-hydrogen) atoms. The Morgan fingerprint density at radius 1 is 1.29 bits per heavy atom. The van der Waals surface area contributed by atoms with Gasteiger partial charge in [-0.15, -0.1) is 0 Å². The second kappa shape index (κ2) is 6.72. The van der Waals surface area contributed by atoms with Crippen LogP contribution in [-0.2, 0) is 6.54 Å². The molecule has 1 N–H and O–H groups in total. The Bertz CT molecular complexity index is 658. The van der Waals surface area contributed by atoms with Crippen LogP contribution in [0.15, 0.2) is 40.9 Å². The van der Waals surface area contributed by atoms with Crippen molar-refractivity contribution in [3.8, 4) is 0 Å². The molecule has 0 radical (unpaired) electrons. The van der Waals surface area contributed by atoms with Gasteiger partial charge in [-0.05, 0) is 54.0 Å². The van der Waals surface area contributed by atoms with Crippen molar-refractivity contribution in [1.29, 1.82) is 0 Å². The average Bonchev–Trinajstić information content (AvgIpc) is 2.44. The highest BCUT2D eigenvalue weighted by Crippen LogP contribution is 2.28. The monoisotopic (exact) mass is 348 g/mol. The number of carboxylic acids is 1. The second-order valence-electron chi connectivity index (χ2n) is 4.72. The Kier molecular flexibility index (Phi) is 4.96. The summed E-state index contributed by atoms with van der Waals surface area (Å²) in [5.41, 5.74) is 2.86. The molecule has 0 amide bonds. The lowest BCUT2D eigenvalue weighted by Gasteiger charge is -2.25. The molecule has 110 valence electrons. The number of rotatable bonds is 5. The van der Waals surface area contributed by atoms with E-state index in [1.807, 2.05) is 49.1 Å². The number of hydrogen-bond donors (Lipinski definition) is 1. The number of aromatic carboxylic acids is 1. The van der Waals surface area contributed by atoms with Gasteiger partial charge in [-0.25, -0.2) is 4.79 Å². The first-order valence-corrected chi connectivity index (χ1v) is 7.51. The first kappa shape index (κ1) is 15.5. The summed E-state index contributed by atoms with van der Waals surface area (Å²) in [7, 11) is 0. The van der Waals surface area contributed by atoms with Gasteiger partial charge in [0.2, 0.25) is 0 Å². The highest BCUT2D eigenvalue weighted by atomic mass is 79.9. The van der Waals surface area contributed by atoms with Crippen molar-refractivity contribution in [2.24, 2.45) is 0 Å². The van der Waals surface area contributed by atoms with Crippen LogP contribution >= 0.6 is 15.9 Å². The van der Waals surface area contributed by atoms with Crippen LogP contribution < -0.4 is 4.90 Å². The third-order valence-corrected chi connectivity index (χ3v) is 3.89. The van der Waals surface area contributed by atoms with Crippen LogP contribution in [-0.4, -0.2) is 22.6 Å². The maximum atomic E-state index is 11.5. The lowest BCUT2D eigenvalue weighted by molar-refractivity contribution is 0.0696. The largest absolute Gasteiger partial charge is 0.478 e. The number of anilines is 1. The van der Waals surface area contributed by atoms with Crippen LogP contribution in [0.4, 0.5) is 5.69 Å². The summed E-state index contributed by atoms with van der Waals surface area (Å²) in [6.07, 6.45) is 0. The molecule has 0 saturated heterocycles. The molecular weight excluding hydrogens is 332 g/mol. The molecule has 0 atom stereocenters. The first-order valence-electron chi connectivity index (χ1n) is 6.72. The summed E-state index contributed by atoms with van der Waals surface area (Å²) >= 11 is 3.32. The molecule has 0 fully saturated rings. The van der Waals surface area contributed by atoms with E-state index >= 15 is 0 Å². The van der Waals surface area contributed by atoms with Crippen molar-refractivity contribution >= 4 is 27.6 Å². The van der Waals surface area contributed by atoms with Gasteiger partial charge in [0.05, 0.1) is 23.5 Å². The summed E-state index contributed by atoms with van der Waals surface area (Å²) in [5.74, 6) is -0.937. The molecular formula is C16H17BrN2O2. The lowest BCUT2D eigenvalue weighted by Crippen LogP contribution is -2.25. The molecule has 0 aliphatic carbocycles. The zero-order valence-corrected chi connectivity index (χ0v) is 13.6. The highest BCUT2D eigenvalue weighted by molar-refractivity contribution is 9.10. The van der Waals surface area contributed by atoms with Crippen molar-refractivity contribution in [2.45, 2.75) is 20.4 Å². The molecule has 5 heteroatoms. The van der Waals surface area contributed by atoms with Gasteiger partial charge in [-0.1, -0.05) is 12.1 Å². The number of pyridine rings is 1.